The van der Waals surface area contributed by atoms with Crippen LogP contribution >= 0.6 is 11.6 Å². The summed E-state index contributed by atoms with van der Waals surface area (Å²) in [7, 11) is 0. The Hall–Kier alpha value is -0.800. The van der Waals surface area contributed by atoms with Crippen LogP contribution < -0.4 is 10.1 Å². The Morgan fingerprint density at radius 2 is 1.94 bits per heavy atom. The van der Waals surface area contributed by atoms with Crippen molar-refractivity contribution in [1.29, 1.82) is 0 Å². The van der Waals surface area contributed by atoms with Gasteiger partial charge in [0.05, 0.1) is 5.02 Å². The van der Waals surface area contributed by atoms with Gasteiger partial charge < -0.3 is 10.1 Å². The molecule has 0 unspecified atom stereocenters. The average molecular weight is 270 g/mol. The van der Waals surface area contributed by atoms with Gasteiger partial charge in [-0.1, -0.05) is 24.1 Å². The Labute approximate surface area is 111 Å². The summed E-state index contributed by atoms with van der Waals surface area (Å²) in [5, 5.41) is 3.72. The van der Waals surface area contributed by atoms with Crippen LogP contribution in [0.15, 0.2) is 18.2 Å². The molecule has 2 saturated heterocycles. The number of rotatable bonds is 2. The molecule has 2 bridgehead atoms. The third kappa shape index (κ3) is 2.47. The molecule has 0 radical (unpaired) electrons. The van der Waals surface area contributed by atoms with Gasteiger partial charge in [0.15, 0.2) is 11.6 Å². The number of nitrogens with one attached hydrogen (secondary N) is 1. The van der Waals surface area contributed by atoms with Gasteiger partial charge in [-0.15, -0.1) is 0 Å². The largest absolute Gasteiger partial charge is 0.487 e. The molecule has 0 spiro atoms. The number of hydrogen-bond acceptors (Lipinski definition) is 2. The van der Waals surface area contributed by atoms with Crippen LogP contribution in [-0.2, 0) is 0 Å². The lowest BCUT2D eigenvalue weighted by atomic mass is 9.85. The monoisotopic (exact) mass is 269 g/mol. The second kappa shape index (κ2) is 5.06. The first kappa shape index (κ1) is 12.2. The van der Waals surface area contributed by atoms with Gasteiger partial charge in [-0.2, -0.15) is 0 Å². The van der Waals surface area contributed by atoms with Crippen LogP contribution in [0.2, 0.25) is 5.02 Å². The van der Waals surface area contributed by atoms with E-state index >= 15 is 0 Å². The Morgan fingerprint density at radius 3 is 2.67 bits per heavy atom. The highest BCUT2D eigenvalue weighted by Crippen LogP contribution is 2.31. The molecule has 0 saturated carbocycles. The van der Waals surface area contributed by atoms with Crippen LogP contribution in [0.3, 0.4) is 0 Å². The van der Waals surface area contributed by atoms with Gasteiger partial charge in [0, 0.05) is 12.1 Å². The van der Waals surface area contributed by atoms with Gasteiger partial charge in [0.25, 0.3) is 0 Å². The van der Waals surface area contributed by atoms with Gasteiger partial charge in [-0.3, -0.25) is 0 Å². The molecule has 0 amide bonds. The first-order chi connectivity index (χ1) is 8.72. The lowest BCUT2D eigenvalue weighted by Gasteiger charge is -2.40. The van der Waals surface area contributed by atoms with Crippen LogP contribution in [0.5, 0.6) is 5.75 Å². The molecule has 1 N–H and O–H groups in total. The maximum atomic E-state index is 13.8. The lowest BCUT2D eigenvalue weighted by molar-refractivity contribution is 0.0893. The Balaban J connectivity index is 1.71. The fourth-order valence-corrected chi connectivity index (χ4v) is 3.23. The Bertz CT molecular complexity index is 428. The summed E-state index contributed by atoms with van der Waals surface area (Å²) in [6.07, 6.45) is 5.73. The summed E-state index contributed by atoms with van der Waals surface area (Å²) < 4.78 is 19.6. The van der Waals surface area contributed by atoms with Crippen molar-refractivity contribution >= 4 is 11.6 Å². The molecule has 1 aromatic carbocycles. The number of halogens is 2. The van der Waals surface area contributed by atoms with Crippen LogP contribution in [0.1, 0.15) is 32.1 Å². The Kier molecular flexibility index (Phi) is 3.44. The van der Waals surface area contributed by atoms with E-state index in [4.69, 9.17) is 16.3 Å². The third-order valence-corrected chi connectivity index (χ3v) is 4.17. The first-order valence-electron chi connectivity index (χ1n) is 6.59. The van der Waals surface area contributed by atoms with Crippen molar-refractivity contribution in [3.63, 3.8) is 0 Å². The molecule has 1 aromatic rings. The highest BCUT2D eigenvalue weighted by molar-refractivity contribution is 6.30. The summed E-state index contributed by atoms with van der Waals surface area (Å²) in [6.45, 7) is 0. The molecule has 4 heteroatoms. The van der Waals surface area contributed by atoms with E-state index in [0.29, 0.717) is 12.1 Å². The summed E-state index contributed by atoms with van der Waals surface area (Å²) in [4.78, 5) is 0. The predicted molar refractivity (Wildman–Crippen MR) is 69.6 cm³/mol. The summed E-state index contributed by atoms with van der Waals surface area (Å²) in [5.74, 6) is -0.157. The minimum Gasteiger partial charge on any atom is -0.487 e. The molecular weight excluding hydrogens is 253 g/mol. The van der Waals surface area contributed by atoms with E-state index < -0.39 is 5.82 Å². The van der Waals surface area contributed by atoms with Crippen molar-refractivity contribution in [1.82, 2.24) is 5.32 Å². The average Bonchev–Trinajstić information content (AvgIpc) is 2.35. The van der Waals surface area contributed by atoms with E-state index in [0.717, 1.165) is 12.8 Å². The highest BCUT2D eigenvalue weighted by atomic mass is 35.5. The van der Waals surface area contributed by atoms with Crippen LogP contribution in [-0.4, -0.2) is 18.2 Å². The van der Waals surface area contributed by atoms with Gasteiger partial charge in [0.1, 0.15) is 6.10 Å². The van der Waals surface area contributed by atoms with Gasteiger partial charge in [0.2, 0.25) is 0 Å². The topological polar surface area (TPSA) is 21.3 Å². The number of benzene rings is 1. The molecule has 3 rings (SSSR count). The number of ether oxygens (including phenoxy) is 1. The molecule has 0 aromatic heterocycles. The zero-order valence-electron chi connectivity index (χ0n) is 10.2. The second-order valence-electron chi connectivity index (χ2n) is 5.25. The fraction of sp³-hybridized carbons (Fsp3) is 0.571. The van der Waals surface area contributed by atoms with Crippen LogP contribution in [0, 0.1) is 5.82 Å². The summed E-state index contributed by atoms with van der Waals surface area (Å²) in [5.41, 5.74) is 0. The third-order valence-electron chi connectivity index (χ3n) is 3.88. The minimum atomic E-state index is -0.442. The standard InChI is InChI=1S/C14H17ClFNO/c15-12-5-2-6-13(14(12)16)18-11-7-9-3-1-4-10(8-11)17-9/h2,5-6,9-11,17H,1,3-4,7-8H2/t9-,10-/m0/s1. The SMILES string of the molecule is Fc1c(Cl)cccc1OC1C[C@@H]2CCC[C@@H](C1)N2. The minimum absolute atomic E-state index is 0.106. The lowest BCUT2D eigenvalue weighted by Crippen LogP contribution is -2.51. The molecule has 2 nitrogen and oxygen atoms in total. The molecular formula is C14H17ClFNO. The molecule has 18 heavy (non-hydrogen) atoms. The molecule has 2 atom stereocenters. The van der Waals surface area contributed by atoms with E-state index in [1.165, 1.54) is 19.3 Å². The summed E-state index contributed by atoms with van der Waals surface area (Å²) >= 11 is 5.76. The highest BCUT2D eigenvalue weighted by Gasteiger charge is 2.32. The predicted octanol–water partition coefficient (Wildman–Crippen LogP) is 3.53. The van der Waals surface area contributed by atoms with E-state index in [1.54, 1.807) is 18.2 Å². The van der Waals surface area contributed by atoms with Crippen molar-refractivity contribution < 1.29 is 9.13 Å². The molecule has 2 fully saturated rings. The van der Waals surface area contributed by atoms with Gasteiger partial charge in [-0.05, 0) is 37.8 Å². The summed E-state index contributed by atoms with van der Waals surface area (Å²) in [6, 6.07) is 5.98. The van der Waals surface area contributed by atoms with Gasteiger partial charge >= 0.3 is 0 Å². The molecule has 2 aliphatic heterocycles. The van der Waals surface area contributed by atoms with Crippen LogP contribution in [0.25, 0.3) is 0 Å². The zero-order valence-corrected chi connectivity index (χ0v) is 10.9. The van der Waals surface area contributed by atoms with Gasteiger partial charge in [-0.25, -0.2) is 4.39 Å². The zero-order chi connectivity index (χ0) is 12.5. The number of fused-ring (bicyclic) bond motifs is 2. The van der Waals surface area contributed by atoms with E-state index in [2.05, 4.69) is 5.32 Å². The smallest absolute Gasteiger partial charge is 0.183 e. The first-order valence-corrected chi connectivity index (χ1v) is 6.97. The number of hydrogen-bond donors (Lipinski definition) is 1. The molecule has 0 aliphatic carbocycles. The van der Waals surface area contributed by atoms with E-state index in [-0.39, 0.29) is 16.9 Å². The second-order valence-corrected chi connectivity index (χ2v) is 5.66. The van der Waals surface area contributed by atoms with E-state index in [1.807, 2.05) is 0 Å². The van der Waals surface area contributed by atoms with Crippen LogP contribution in [0.4, 0.5) is 4.39 Å². The molecule has 2 aliphatic rings. The van der Waals surface area contributed by atoms with Crippen molar-refractivity contribution in [3.8, 4) is 5.75 Å². The van der Waals surface area contributed by atoms with Crippen molar-refractivity contribution in [2.45, 2.75) is 50.3 Å². The van der Waals surface area contributed by atoms with E-state index in [9.17, 15) is 4.39 Å². The van der Waals surface area contributed by atoms with Crippen molar-refractivity contribution in [2.75, 3.05) is 0 Å². The fourth-order valence-electron chi connectivity index (χ4n) is 3.06. The van der Waals surface area contributed by atoms with Crippen molar-refractivity contribution in [3.05, 3.63) is 29.0 Å². The molecule has 2 heterocycles. The normalized spacial score (nSPS) is 31.1. The number of piperidine rings is 2. The Morgan fingerprint density at radius 1 is 1.22 bits per heavy atom. The maximum Gasteiger partial charge on any atom is 0.183 e. The molecule has 98 valence electrons. The quantitative estimate of drug-likeness (QED) is 0.887. The maximum absolute atomic E-state index is 13.8. The van der Waals surface area contributed by atoms with Crippen molar-refractivity contribution in [2.24, 2.45) is 0 Å².